The maximum Gasteiger partial charge on any atom is 0.124 e. The molecular weight excluding hydrogens is 440 g/mol. The molecular formula is C33H44N2O. The molecule has 0 saturated heterocycles. The summed E-state index contributed by atoms with van der Waals surface area (Å²) in [6.45, 7) is 17.2. The molecule has 3 heteroatoms. The molecule has 3 aromatic carbocycles. The molecule has 0 aliphatic heterocycles. The largest absolute Gasteiger partial charge is 0.488 e. The summed E-state index contributed by atoms with van der Waals surface area (Å²) in [7, 11) is 0. The predicted molar refractivity (Wildman–Crippen MR) is 156 cm³/mol. The van der Waals surface area contributed by atoms with Crippen LogP contribution in [0.4, 0.5) is 0 Å². The highest BCUT2D eigenvalue weighted by Crippen LogP contribution is 2.35. The average Bonchev–Trinajstić information content (AvgIpc) is 2.94. The number of likely N-dealkylation sites (N-methyl/N-ethyl adjacent to an activating group) is 2. The summed E-state index contributed by atoms with van der Waals surface area (Å²) < 4.78 is 6.60. The molecule has 0 N–H and O–H groups in total. The molecule has 0 aliphatic rings. The van der Waals surface area contributed by atoms with E-state index < -0.39 is 0 Å². The molecule has 3 aromatic rings. The third-order valence-electron chi connectivity index (χ3n) is 7.00. The number of rotatable bonds is 14. The summed E-state index contributed by atoms with van der Waals surface area (Å²) in [5.74, 6) is 0.938. The average molecular weight is 485 g/mol. The highest BCUT2D eigenvalue weighted by atomic mass is 16.5. The Balaban J connectivity index is 1.94. The van der Waals surface area contributed by atoms with Gasteiger partial charge in [-0.25, -0.2) is 0 Å². The molecule has 3 rings (SSSR count). The van der Waals surface area contributed by atoms with Gasteiger partial charge in [0.05, 0.1) is 0 Å². The lowest BCUT2D eigenvalue weighted by molar-refractivity contribution is 0.0989. The second kappa shape index (κ2) is 14.6. The van der Waals surface area contributed by atoms with E-state index in [0.717, 1.165) is 51.4 Å². The van der Waals surface area contributed by atoms with E-state index in [0.29, 0.717) is 0 Å². The molecule has 0 aliphatic carbocycles. The standard InChI is InChI=1S/C33H44N2O/c1-6-32(27-17-13-11-14-18-27)33(28-19-15-12-16-20-28)29-21-23-30(24-22-29)36-31(25-34(7-2)8-3)26-35(9-4)10-5/h11-24,31H,6-10,25-26H2,1-5H3. The Hall–Kier alpha value is -2.88. The maximum absolute atomic E-state index is 6.60. The number of nitrogens with zero attached hydrogens (tertiary/aromatic N) is 2. The van der Waals surface area contributed by atoms with E-state index in [9.17, 15) is 0 Å². The van der Waals surface area contributed by atoms with Crippen molar-refractivity contribution in [3.05, 3.63) is 102 Å². The van der Waals surface area contributed by atoms with Crippen molar-refractivity contribution in [2.24, 2.45) is 0 Å². The van der Waals surface area contributed by atoms with E-state index in [2.05, 4.69) is 129 Å². The molecule has 3 nitrogen and oxygen atoms in total. The van der Waals surface area contributed by atoms with Gasteiger partial charge in [-0.15, -0.1) is 0 Å². The fourth-order valence-corrected chi connectivity index (χ4v) is 4.85. The first kappa shape index (κ1) is 27.7. The van der Waals surface area contributed by atoms with E-state index in [1.165, 1.54) is 27.8 Å². The number of hydrogen-bond donors (Lipinski definition) is 0. The van der Waals surface area contributed by atoms with Gasteiger partial charge in [-0.3, -0.25) is 0 Å². The zero-order valence-electron chi connectivity index (χ0n) is 22.9. The van der Waals surface area contributed by atoms with Crippen LogP contribution in [0.3, 0.4) is 0 Å². The molecule has 0 fully saturated rings. The molecule has 0 aromatic heterocycles. The van der Waals surface area contributed by atoms with E-state index in [1.54, 1.807) is 0 Å². The second-order valence-corrected chi connectivity index (χ2v) is 9.18. The van der Waals surface area contributed by atoms with Crippen LogP contribution in [-0.2, 0) is 0 Å². The minimum Gasteiger partial charge on any atom is -0.488 e. The molecule has 0 amide bonds. The van der Waals surface area contributed by atoms with Gasteiger partial charge in [0, 0.05) is 13.1 Å². The van der Waals surface area contributed by atoms with E-state index >= 15 is 0 Å². The van der Waals surface area contributed by atoms with Gasteiger partial charge in [0.25, 0.3) is 0 Å². The lowest BCUT2D eigenvalue weighted by atomic mass is 9.88. The topological polar surface area (TPSA) is 15.7 Å². The van der Waals surface area contributed by atoms with E-state index in [-0.39, 0.29) is 6.10 Å². The van der Waals surface area contributed by atoms with Crippen LogP contribution in [0.2, 0.25) is 0 Å². The Morgan fingerprint density at radius 3 is 1.47 bits per heavy atom. The smallest absolute Gasteiger partial charge is 0.124 e. The number of allylic oxidation sites excluding steroid dienone is 1. The van der Waals surface area contributed by atoms with Crippen molar-refractivity contribution >= 4 is 11.1 Å². The van der Waals surface area contributed by atoms with Gasteiger partial charge >= 0.3 is 0 Å². The Bertz CT molecular complexity index is 1020. The van der Waals surface area contributed by atoms with Gasteiger partial charge in [-0.1, -0.05) is 107 Å². The van der Waals surface area contributed by atoms with Crippen molar-refractivity contribution in [2.45, 2.75) is 47.1 Å². The molecule has 0 atom stereocenters. The lowest BCUT2D eigenvalue weighted by Crippen LogP contribution is -2.43. The maximum atomic E-state index is 6.60. The van der Waals surface area contributed by atoms with Crippen LogP contribution in [0.1, 0.15) is 57.7 Å². The highest BCUT2D eigenvalue weighted by molar-refractivity contribution is 5.98. The van der Waals surface area contributed by atoms with E-state index in [1.807, 2.05) is 0 Å². The third-order valence-corrected chi connectivity index (χ3v) is 7.00. The normalized spacial score (nSPS) is 12.3. The Labute approximate surface area is 219 Å². The minimum atomic E-state index is 0.135. The van der Waals surface area contributed by atoms with Gasteiger partial charge in [0.1, 0.15) is 11.9 Å². The first-order valence-electron chi connectivity index (χ1n) is 13.7. The van der Waals surface area contributed by atoms with Gasteiger partial charge < -0.3 is 14.5 Å². The number of hydrogen-bond acceptors (Lipinski definition) is 3. The van der Waals surface area contributed by atoms with Crippen LogP contribution in [0, 0.1) is 0 Å². The predicted octanol–water partition coefficient (Wildman–Crippen LogP) is 7.49. The summed E-state index contributed by atoms with van der Waals surface area (Å²) in [6, 6.07) is 30.2. The van der Waals surface area contributed by atoms with E-state index in [4.69, 9.17) is 4.74 Å². The van der Waals surface area contributed by atoms with Crippen LogP contribution in [-0.4, -0.2) is 55.2 Å². The molecule has 0 saturated carbocycles. The number of benzene rings is 3. The zero-order chi connectivity index (χ0) is 25.8. The molecule has 0 spiro atoms. The van der Waals surface area contributed by atoms with Gasteiger partial charge in [0.15, 0.2) is 0 Å². The first-order valence-corrected chi connectivity index (χ1v) is 13.7. The monoisotopic (exact) mass is 484 g/mol. The van der Waals surface area contributed by atoms with Crippen molar-refractivity contribution < 1.29 is 4.74 Å². The van der Waals surface area contributed by atoms with Crippen molar-refractivity contribution in [3.63, 3.8) is 0 Å². The molecule has 0 heterocycles. The van der Waals surface area contributed by atoms with Crippen LogP contribution in [0.15, 0.2) is 84.9 Å². The summed E-state index contributed by atoms with van der Waals surface area (Å²) in [4.78, 5) is 4.90. The van der Waals surface area contributed by atoms with Crippen LogP contribution < -0.4 is 4.74 Å². The van der Waals surface area contributed by atoms with Gasteiger partial charge in [-0.2, -0.15) is 0 Å². The van der Waals surface area contributed by atoms with Crippen molar-refractivity contribution in [2.75, 3.05) is 39.3 Å². The van der Waals surface area contributed by atoms with Crippen LogP contribution in [0.25, 0.3) is 11.1 Å². The molecule has 0 unspecified atom stereocenters. The molecule has 192 valence electrons. The SMILES string of the molecule is CCC(=C(c1ccccc1)c1ccc(OC(CN(CC)CC)CN(CC)CC)cc1)c1ccccc1. The van der Waals surface area contributed by atoms with Crippen molar-refractivity contribution in [1.29, 1.82) is 0 Å². The lowest BCUT2D eigenvalue weighted by Gasteiger charge is -2.30. The van der Waals surface area contributed by atoms with Gasteiger partial charge in [-0.05, 0) is 72.6 Å². The first-order chi connectivity index (χ1) is 17.6. The quantitative estimate of drug-likeness (QED) is 0.221. The minimum absolute atomic E-state index is 0.135. The molecule has 36 heavy (non-hydrogen) atoms. The van der Waals surface area contributed by atoms with Crippen LogP contribution in [0.5, 0.6) is 5.75 Å². The Morgan fingerprint density at radius 2 is 1.03 bits per heavy atom. The fraction of sp³-hybridized carbons (Fsp3) is 0.394. The second-order valence-electron chi connectivity index (χ2n) is 9.18. The van der Waals surface area contributed by atoms with Crippen LogP contribution >= 0.6 is 0 Å². The Morgan fingerprint density at radius 1 is 0.583 bits per heavy atom. The zero-order valence-corrected chi connectivity index (χ0v) is 22.9. The summed E-state index contributed by atoms with van der Waals surface area (Å²) >= 11 is 0. The third kappa shape index (κ3) is 7.56. The molecule has 0 bridgehead atoms. The van der Waals surface area contributed by atoms with Crippen molar-refractivity contribution in [3.8, 4) is 5.75 Å². The highest BCUT2D eigenvalue weighted by Gasteiger charge is 2.18. The van der Waals surface area contributed by atoms with Crippen molar-refractivity contribution in [1.82, 2.24) is 9.80 Å². The summed E-state index contributed by atoms with van der Waals surface area (Å²) in [6.07, 6.45) is 1.10. The summed E-state index contributed by atoms with van der Waals surface area (Å²) in [5.41, 5.74) is 6.39. The summed E-state index contributed by atoms with van der Waals surface area (Å²) in [5, 5.41) is 0. The Kier molecular flexibility index (Phi) is 11.3. The molecule has 0 radical (unpaired) electrons. The number of ether oxygens (including phenoxy) is 1. The van der Waals surface area contributed by atoms with Gasteiger partial charge in [0.2, 0.25) is 0 Å². The fourth-order valence-electron chi connectivity index (χ4n) is 4.85.